The van der Waals surface area contributed by atoms with Gasteiger partial charge in [0.15, 0.2) is 0 Å². The van der Waals surface area contributed by atoms with E-state index in [1.165, 1.54) is 0 Å². The summed E-state index contributed by atoms with van der Waals surface area (Å²) in [5, 5.41) is 2.79. The first-order chi connectivity index (χ1) is 9.91. The minimum absolute atomic E-state index is 0.268. The Labute approximate surface area is 123 Å². The number of amides is 1. The van der Waals surface area contributed by atoms with E-state index < -0.39 is 16.6 Å². The van der Waals surface area contributed by atoms with Gasteiger partial charge in [-0.25, -0.2) is 0 Å². The molecule has 1 aromatic heterocycles. The highest BCUT2D eigenvalue weighted by Crippen LogP contribution is 2.62. The fourth-order valence-electron chi connectivity index (χ4n) is 3.91. The van der Waals surface area contributed by atoms with Crippen LogP contribution in [-0.2, 0) is 20.9 Å². The first-order valence-electron chi connectivity index (χ1n) is 7.18. The van der Waals surface area contributed by atoms with Gasteiger partial charge in [0.25, 0.3) is 0 Å². The average Bonchev–Trinajstić information content (AvgIpc) is 2.82. The monoisotopic (exact) mass is 286 g/mol. The van der Waals surface area contributed by atoms with Crippen LogP contribution in [0.25, 0.3) is 0 Å². The summed E-state index contributed by atoms with van der Waals surface area (Å²) in [5.74, 6) is -1.54. The smallest absolute Gasteiger partial charge is 0.235 e. The van der Waals surface area contributed by atoms with Crippen LogP contribution >= 0.6 is 0 Å². The summed E-state index contributed by atoms with van der Waals surface area (Å²) in [4.78, 5) is 41.2. The van der Waals surface area contributed by atoms with E-state index in [9.17, 15) is 14.4 Å². The predicted molar refractivity (Wildman–Crippen MR) is 75.0 cm³/mol. The third kappa shape index (κ3) is 1.69. The van der Waals surface area contributed by atoms with Gasteiger partial charge in [-0.15, -0.1) is 0 Å². The van der Waals surface area contributed by atoms with E-state index >= 15 is 0 Å². The zero-order chi connectivity index (χ0) is 15.3. The van der Waals surface area contributed by atoms with Crippen molar-refractivity contribution < 1.29 is 14.4 Å². The quantitative estimate of drug-likeness (QED) is 0.670. The Morgan fingerprint density at radius 2 is 2.14 bits per heavy atom. The SMILES string of the molecule is CC1(C)C2CCC1(C(=O)NCc1ccccn1)C(=O)C2=O. The van der Waals surface area contributed by atoms with Gasteiger partial charge in [0, 0.05) is 12.1 Å². The van der Waals surface area contributed by atoms with Crippen molar-refractivity contribution in [2.75, 3.05) is 0 Å². The van der Waals surface area contributed by atoms with Gasteiger partial charge in [-0.3, -0.25) is 19.4 Å². The Bertz CT molecular complexity index is 624. The Morgan fingerprint density at radius 1 is 1.38 bits per heavy atom. The van der Waals surface area contributed by atoms with Crippen LogP contribution in [-0.4, -0.2) is 22.5 Å². The van der Waals surface area contributed by atoms with Crippen LogP contribution in [0, 0.1) is 16.7 Å². The van der Waals surface area contributed by atoms with Gasteiger partial charge < -0.3 is 5.32 Å². The highest BCUT2D eigenvalue weighted by molar-refractivity contribution is 6.47. The summed E-state index contributed by atoms with van der Waals surface area (Å²) in [7, 11) is 0. The lowest BCUT2D eigenvalue weighted by atomic mass is 9.68. The number of carbonyl (C=O) groups excluding carboxylic acids is 3. The number of rotatable bonds is 3. The first-order valence-corrected chi connectivity index (χ1v) is 7.18. The predicted octanol–water partition coefficient (Wildman–Crippen LogP) is 1.27. The van der Waals surface area contributed by atoms with Crippen molar-refractivity contribution in [1.82, 2.24) is 10.3 Å². The number of hydrogen-bond acceptors (Lipinski definition) is 4. The van der Waals surface area contributed by atoms with Crippen molar-refractivity contribution in [1.29, 1.82) is 0 Å². The van der Waals surface area contributed by atoms with Gasteiger partial charge in [-0.05, 0) is 30.4 Å². The van der Waals surface area contributed by atoms with E-state index in [1.54, 1.807) is 12.3 Å². The lowest BCUT2D eigenvalue weighted by Gasteiger charge is -2.33. The minimum atomic E-state index is -1.19. The van der Waals surface area contributed by atoms with Crippen molar-refractivity contribution >= 4 is 17.5 Å². The van der Waals surface area contributed by atoms with Gasteiger partial charge in [-0.2, -0.15) is 0 Å². The lowest BCUT2D eigenvalue weighted by molar-refractivity contribution is -0.149. The topological polar surface area (TPSA) is 76.1 Å². The van der Waals surface area contributed by atoms with E-state index in [4.69, 9.17) is 0 Å². The van der Waals surface area contributed by atoms with Crippen LogP contribution in [0.1, 0.15) is 32.4 Å². The number of aromatic nitrogens is 1. The largest absolute Gasteiger partial charge is 0.350 e. The maximum atomic E-state index is 12.7. The molecule has 2 bridgehead atoms. The number of ketones is 2. The molecule has 2 fully saturated rings. The fraction of sp³-hybridized carbons (Fsp3) is 0.500. The van der Waals surface area contributed by atoms with Gasteiger partial charge in [0.05, 0.1) is 12.2 Å². The maximum absolute atomic E-state index is 12.7. The van der Waals surface area contributed by atoms with Crippen LogP contribution in [0.2, 0.25) is 0 Å². The van der Waals surface area contributed by atoms with Crippen molar-refractivity contribution in [3.63, 3.8) is 0 Å². The van der Waals surface area contributed by atoms with E-state index in [0.29, 0.717) is 12.8 Å². The van der Waals surface area contributed by atoms with Crippen LogP contribution in [0.4, 0.5) is 0 Å². The summed E-state index contributed by atoms with van der Waals surface area (Å²) in [5.41, 5.74) is -1.06. The van der Waals surface area contributed by atoms with Crippen molar-refractivity contribution in [2.24, 2.45) is 16.7 Å². The zero-order valence-corrected chi connectivity index (χ0v) is 12.2. The molecule has 2 saturated carbocycles. The molecule has 21 heavy (non-hydrogen) atoms. The normalized spacial score (nSPS) is 29.7. The Kier molecular flexibility index (Phi) is 2.97. The molecule has 1 N–H and O–H groups in total. The summed E-state index contributed by atoms with van der Waals surface area (Å²) in [6.07, 6.45) is 2.73. The van der Waals surface area contributed by atoms with Crippen LogP contribution in [0.15, 0.2) is 24.4 Å². The van der Waals surface area contributed by atoms with E-state index in [-0.39, 0.29) is 24.2 Å². The Balaban J connectivity index is 1.83. The molecule has 0 saturated heterocycles. The third-order valence-corrected chi connectivity index (χ3v) is 5.25. The number of nitrogens with one attached hydrogen (secondary N) is 1. The molecule has 1 amide bonds. The zero-order valence-electron chi connectivity index (χ0n) is 12.2. The summed E-state index contributed by atoms with van der Waals surface area (Å²) >= 11 is 0. The molecule has 0 aromatic carbocycles. The molecule has 1 aromatic rings. The summed E-state index contributed by atoms with van der Waals surface area (Å²) in [6, 6.07) is 5.45. The number of carbonyl (C=O) groups is 3. The van der Waals surface area contributed by atoms with Gasteiger partial charge >= 0.3 is 0 Å². The molecule has 2 aliphatic rings. The second kappa shape index (κ2) is 4.48. The average molecular weight is 286 g/mol. The highest BCUT2D eigenvalue weighted by Gasteiger charge is 2.72. The van der Waals surface area contributed by atoms with Crippen molar-refractivity contribution in [2.45, 2.75) is 33.2 Å². The molecule has 0 radical (unpaired) electrons. The molecule has 0 spiro atoms. The molecular formula is C16H18N2O3. The lowest BCUT2D eigenvalue weighted by Crippen LogP contribution is -2.50. The van der Waals surface area contributed by atoms with E-state index in [0.717, 1.165) is 5.69 Å². The van der Waals surface area contributed by atoms with E-state index in [2.05, 4.69) is 10.3 Å². The molecule has 110 valence electrons. The van der Waals surface area contributed by atoms with Gasteiger partial charge in [-0.1, -0.05) is 19.9 Å². The molecule has 5 heteroatoms. The third-order valence-electron chi connectivity index (χ3n) is 5.25. The number of hydrogen-bond donors (Lipinski definition) is 1. The molecule has 3 rings (SSSR count). The highest BCUT2D eigenvalue weighted by atomic mass is 16.2. The second-order valence-corrected chi connectivity index (χ2v) is 6.42. The second-order valence-electron chi connectivity index (χ2n) is 6.42. The number of nitrogens with zero attached hydrogens (tertiary/aromatic N) is 1. The maximum Gasteiger partial charge on any atom is 0.235 e. The van der Waals surface area contributed by atoms with Gasteiger partial charge in [0.1, 0.15) is 5.41 Å². The van der Waals surface area contributed by atoms with E-state index in [1.807, 2.05) is 26.0 Å². The molecule has 5 nitrogen and oxygen atoms in total. The molecular weight excluding hydrogens is 268 g/mol. The standard InChI is InChI=1S/C16H18N2O3/c1-15(2)11-6-7-16(15,13(20)12(11)19)14(21)18-9-10-5-3-4-8-17-10/h3-5,8,11H,6-7,9H2,1-2H3,(H,18,21). The van der Waals surface area contributed by atoms with Crippen molar-refractivity contribution in [3.8, 4) is 0 Å². The molecule has 2 unspecified atom stereocenters. The molecule has 2 aliphatic carbocycles. The number of Topliss-reactive ketones (excluding diaryl/α,β-unsaturated/α-hetero) is 2. The number of fused-ring (bicyclic) bond motifs is 2. The van der Waals surface area contributed by atoms with Crippen LogP contribution in [0.3, 0.4) is 0 Å². The fourth-order valence-corrected chi connectivity index (χ4v) is 3.91. The summed E-state index contributed by atoms with van der Waals surface area (Å²) in [6.45, 7) is 3.98. The van der Waals surface area contributed by atoms with Gasteiger partial charge in [0.2, 0.25) is 17.5 Å². The first kappa shape index (κ1) is 13.9. The molecule has 1 heterocycles. The number of pyridine rings is 1. The Morgan fingerprint density at radius 3 is 2.71 bits per heavy atom. The summed E-state index contributed by atoms with van der Waals surface area (Å²) < 4.78 is 0. The molecule has 0 aliphatic heterocycles. The Hall–Kier alpha value is -2.04. The van der Waals surface area contributed by atoms with Crippen molar-refractivity contribution in [3.05, 3.63) is 30.1 Å². The van der Waals surface area contributed by atoms with Crippen LogP contribution < -0.4 is 5.32 Å². The molecule has 2 atom stereocenters. The van der Waals surface area contributed by atoms with Crippen LogP contribution in [0.5, 0.6) is 0 Å². The minimum Gasteiger partial charge on any atom is -0.350 e.